The number of nitrogens with zero attached hydrogens (tertiary/aromatic N) is 5. The highest BCUT2D eigenvalue weighted by atomic mass is 16.2. The van der Waals surface area contributed by atoms with E-state index in [0.717, 1.165) is 17.8 Å². The maximum absolute atomic E-state index is 12.7. The van der Waals surface area contributed by atoms with Crippen LogP contribution in [0.1, 0.15) is 23.5 Å². The first kappa shape index (κ1) is 15.6. The second kappa shape index (κ2) is 6.52. The van der Waals surface area contributed by atoms with Crippen molar-refractivity contribution in [2.45, 2.75) is 12.3 Å². The molecule has 0 radical (unpaired) electrons. The van der Waals surface area contributed by atoms with E-state index in [1.54, 1.807) is 24.5 Å². The molecule has 0 spiro atoms. The van der Waals surface area contributed by atoms with Crippen LogP contribution in [0.4, 0.5) is 5.82 Å². The number of aromatic nitrogens is 2. The number of nitriles is 1. The van der Waals surface area contributed by atoms with E-state index in [1.165, 1.54) is 0 Å². The van der Waals surface area contributed by atoms with Gasteiger partial charge in [0.1, 0.15) is 11.9 Å². The van der Waals surface area contributed by atoms with E-state index in [9.17, 15) is 10.1 Å². The zero-order valence-electron chi connectivity index (χ0n) is 13.9. The molecule has 25 heavy (non-hydrogen) atoms. The van der Waals surface area contributed by atoms with Crippen molar-refractivity contribution in [2.75, 3.05) is 31.1 Å². The fraction of sp³-hybridized carbons (Fsp3) is 0.368. The smallest absolute Gasteiger partial charge is 0.226 e. The number of rotatable bonds is 3. The van der Waals surface area contributed by atoms with Crippen molar-refractivity contribution < 1.29 is 4.79 Å². The van der Waals surface area contributed by atoms with Crippen molar-refractivity contribution in [1.82, 2.24) is 14.9 Å². The Morgan fingerprint density at radius 1 is 1.16 bits per heavy atom. The minimum atomic E-state index is 0.0975. The Hall–Kier alpha value is -2.94. The predicted molar refractivity (Wildman–Crippen MR) is 92.8 cm³/mol. The lowest BCUT2D eigenvalue weighted by molar-refractivity contribution is -0.133. The molecule has 2 aromatic heterocycles. The van der Waals surface area contributed by atoms with Gasteiger partial charge in [-0.2, -0.15) is 5.26 Å². The Bertz CT molecular complexity index is 808. The van der Waals surface area contributed by atoms with Crippen molar-refractivity contribution >= 4 is 11.7 Å². The zero-order chi connectivity index (χ0) is 17.2. The van der Waals surface area contributed by atoms with Crippen molar-refractivity contribution in [1.29, 1.82) is 5.26 Å². The van der Waals surface area contributed by atoms with Gasteiger partial charge in [0.05, 0.1) is 5.56 Å². The van der Waals surface area contributed by atoms with Crippen LogP contribution >= 0.6 is 0 Å². The Morgan fingerprint density at radius 3 is 2.68 bits per heavy atom. The van der Waals surface area contributed by atoms with E-state index in [1.807, 2.05) is 23.2 Å². The van der Waals surface area contributed by atoms with E-state index >= 15 is 0 Å². The standard InChI is InChI=1S/C19H19N5O/c20-12-14-3-2-6-22-18(14)23-7-9-24(10-8-23)19(25)17-11-16(17)15-4-1-5-21-13-15/h1-6,13,16-17H,7-11H2/t16-,17+/m0/s1. The molecule has 0 N–H and O–H groups in total. The maximum Gasteiger partial charge on any atom is 0.226 e. The molecule has 1 saturated carbocycles. The van der Waals surface area contributed by atoms with Gasteiger partial charge >= 0.3 is 0 Å². The normalized spacial score (nSPS) is 22.4. The molecular formula is C19H19N5O. The first-order chi connectivity index (χ1) is 12.3. The summed E-state index contributed by atoms with van der Waals surface area (Å²) in [4.78, 5) is 25.3. The number of hydrogen-bond acceptors (Lipinski definition) is 5. The van der Waals surface area contributed by atoms with Crippen LogP contribution in [-0.4, -0.2) is 47.0 Å². The SMILES string of the molecule is N#Cc1cccnc1N1CCN(C(=O)[C@@H]2C[C@H]2c2cccnc2)CC1. The van der Waals surface area contributed by atoms with Crippen LogP contribution in [0.5, 0.6) is 0 Å². The lowest BCUT2D eigenvalue weighted by atomic mass is 10.1. The molecular weight excluding hydrogens is 314 g/mol. The van der Waals surface area contributed by atoms with Gasteiger partial charge in [-0.15, -0.1) is 0 Å². The molecule has 1 aliphatic heterocycles. The topological polar surface area (TPSA) is 73.1 Å². The highest BCUT2D eigenvalue weighted by Crippen LogP contribution is 2.48. The van der Waals surface area contributed by atoms with Crippen molar-refractivity contribution in [2.24, 2.45) is 5.92 Å². The van der Waals surface area contributed by atoms with Crippen LogP contribution in [0.2, 0.25) is 0 Å². The van der Waals surface area contributed by atoms with Crippen LogP contribution in [-0.2, 0) is 4.79 Å². The van der Waals surface area contributed by atoms with Crippen LogP contribution in [0.3, 0.4) is 0 Å². The van der Waals surface area contributed by atoms with E-state index in [4.69, 9.17) is 0 Å². The summed E-state index contributed by atoms with van der Waals surface area (Å²) in [6.07, 6.45) is 6.25. The molecule has 1 amide bonds. The Labute approximate surface area is 146 Å². The Kier molecular flexibility index (Phi) is 4.06. The second-order valence-corrected chi connectivity index (χ2v) is 6.53. The summed E-state index contributed by atoms with van der Waals surface area (Å²) in [5, 5.41) is 9.22. The second-order valence-electron chi connectivity index (χ2n) is 6.53. The third-order valence-corrected chi connectivity index (χ3v) is 5.02. The summed E-state index contributed by atoms with van der Waals surface area (Å²) in [5.41, 5.74) is 1.74. The van der Waals surface area contributed by atoms with Gasteiger partial charge in [0, 0.05) is 50.7 Å². The number of amides is 1. The monoisotopic (exact) mass is 333 g/mol. The molecule has 1 aliphatic carbocycles. The molecule has 0 unspecified atom stereocenters. The third-order valence-electron chi connectivity index (χ3n) is 5.02. The van der Waals surface area contributed by atoms with Gasteiger partial charge in [0.15, 0.2) is 0 Å². The van der Waals surface area contributed by atoms with Crippen LogP contribution < -0.4 is 4.90 Å². The molecule has 2 aliphatic rings. The van der Waals surface area contributed by atoms with Gasteiger partial charge < -0.3 is 9.80 Å². The van der Waals surface area contributed by atoms with Crippen molar-refractivity contribution in [3.05, 3.63) is 54.0 Å². The molecule has 2 atom stereocenters. The van der Waals surface area contributed by atoms with E-state index in [2.05, 4.69) is 20.9 Å². The number of carbonyl (C=O) groups excluding carboxylic acids is 1. The van der Waals surface area contributed by atoms with Crippen LogP contribution in [0.15, 0.2) is 42.9 Å². The van der Waals surface area contributed by atoms with Gasteiger partial charge in [-0.1, -0.05) is 6.07 Å². The third kappa shape index (κ3) is 3.05. The lowest BCUT2D eigenvalue weighted by Gasteiger charge is -2.35. The average Bonchev–Trinajstić information content (AvgIpc) is 3.49. The minimum Gasteiger partial charge on any atom is -0.352 e. The zero-order valence-corrected chi connectivity index (χ0v) is 13.9. The number of piperazine rings is 1. The maximum atomic E-state index is 12.7. The highest BCUT2D eigenvalue weighted by Gasteiger charge is 2.46. The largest absolute Gasteiger partial charge is 0.352 e. The fourth-order valence-electron chi connectivity index (χ4n) is 3.54. The van der Waals surface area contributed by atoms with E-state index < -0.39 is 0 Å². The molecule has 126 valence electrons. The number of pyridine rings is 2. The Morgan fingerprint density at radius 2 is 1.96 bits per heavy atom. The minimum absolute atomic E-state index is 0.0975. The van der Waals surface area contributed by atoms with Gasteiger partial charge in [-0.05, 0) is 36.1 Å². The molecule has 0 aromatic carbocycles. The fourth-order valence-corrected chi connectivity index (χ4v) is 3.54. The molecule has 2 fully saturated rings. The first-order valence-corrected chi connectivity index (χ1v) is 8.56. The van der Waals surface area contributed by atoms with Crippen LogP contribution in [0, 0.1) is 17.2 Å². The molecule has 6 nitrogen and oxygen atoms in total. The molecule has 1 saturated heterocycles. The molecule has 0 bridgehead atoms. The highest BCUT2D eigenvalue weighted by molar-refractivity contribution is 5.83. The van der Waals surface area contributed by atoms with Gasteiger partial charge in [-0.3, -0.25) is 9.78 Å². The summed E-state index contributed by atoms with van der Waals surface area (Å²) in [6, 6.07) is 9.71. The Balaban J connectivity index is 1.37. The van der Waals surface area contributed by atoms with Gasteiger partial charge in [0.2, 0.25) is 5.91 Å². The number of hydrogen-bond donors (Lipinski definition) is 0. The quantitative estimate of drug-likeness (QED) is 0.856. The molecule has 2 aromatic rings. The summed E-state index contributed by atoms with van der Waals surface area (Å²) in [6.45, 7) is 2.77. The summed E-state index contributed by atoms with van der Waals surface area (Å²) < 4.78 is 0. The summed E-state index contributed by atoms with van der Waals surface area (Å²) in [5.74, 6) is 1.38. The molecule has 4 rings (SSSR count). The van der Waals surface area contributed by atoms with Crippen molar-refractivity contribution in [3.63, 3.8) is 0 Å². The lowest BCUT2D eigenvalue weighted by Crippen LogP contribution is -2.49. The number of anilines is 1. The molecule has 3 heterocycles. The summed E-state index contributed by atoms with van der Waals surface area (Å²) >= 11 is 0. The number of carbonyl (C=O) groups is 1. The van der Waals surface area contributed by atoms with Crippen molar-refractivity contribution in [3.8, 4) is 6.07 Å². The van der Waals surface area contributed by atoms with Crippen LogP contribution in [0.25, 0.3) is 0 Å². The van der Waals surface area contributed by atoms with E-state index in [-0.39, 0.29) is 11.8 Å². The van der Waals surface area contributed by atoms with E-state index in [0.29, 0.717) is 37.7 Å². The first-order valence-electron chi connectivity index (χ1n) is 8.56. The van der Waals surface area contributed by atoms with Gasteiger partial charge in [-0.25, -0.2) is 4.98 Å². The summed E-state index contributed by atoms with van der Waals surface area (Å²) in [7, 11) is 0. The average molecular weight is 333 g/mol. The van der Waals surface area contributed by atoms with Gasteiger partial charge in [0.25, 0.3) is 0 Å². The molecule has 6 heteroatoms. The predicted octanol–water partition coefficient (Wildman–Crippen LogP) is 1.80.